The Morgan fingerprint density at radius 2 is 2.24 bits per heavy atom. The summed E-state index contributed by atoms with van der Waals surface area (Å²) in [6, 6.07) is 8.20. The third kappa shape index (κ3) is 4.12. The van der Waals surface area contributed by atoms with Gasteiger partial charge in [-0.2, -0.15) is 5.26 Å². The molecule has 1 saturated carbocycles. The average molecular weight is 287 g/mol. The van der Waals surface area contributed by atoms with E-state index >= 15 is 0 Å². The Morgan fingerprint density at radius 1 is 1.43 bits per heavy atom. The van der Waals surface area contributed by atoms with Crippen molar-refractivity contribution in [3.63, 3.8) is 0 Å². The number of hydrogen-bond donors (Lipinski definition) is 2. The van der Waals surface area contributed by atoms with Crippen molar-refractivity contribution in [2.75, 3.05) is 17.7 Å². The van der Waals surface area contributed by atoms with Crippen molar-refractivity contribution in [3.05, 3.63) is 18.2 Å². The fraction of sp³-hybridized carbons (Fsp3) is 0.500. The van der Waals surface area contributed by atoms with E-state index in [2.05, 4.69) is 16.7 Å². The van der Waals surface area contributed by atoms with Gasteiger partial charge in [-0.25, -0.2) is 0 Å². The van der Waals surface area contributed by atoms with Gasteiger partial charge in [0.2, 0.25) is 5.91 Å². The summed E-state index contributed by atoms with van der Waals surface area (Å²) in [6.45, 7) is 1.47. The lowest BCUT2D eigenvalue weighted by molar-refractivity contribution is -0.114. The van der Waals surface area contributed by atoms with Gasteiger partial charge in [-0.05, 0) is 31.4 Å². The number of carbonyl (C=O) groups is 1. The molecule has 21 heavy (non-hydrogen) atoms. The first-order chi connectivity index (χ1) is 10.1. The number of nitriles is 1. The molecule has 1 aromatic carbocycles. The molecule has 1 fully saturated rings. The molecule has 0 radical (unpaired) electrons. The second-order valence-electron chi connectivity index (χ2n) is 5.43. The predicted octanol–water partition coefficient (Wildman–Crippen LogP) is 3.15. The van der Waals surface area contributed by atoms with Crippen molar-refractivity contribution < 1.29 is 9.53 Å². The zero-order chi connectivity index (χ0) is 15.2. The van der Waals surface area contributed by atoms with Crippen LogP contribution in [0.5, 0.6) is 5.75 Å². The maximum atomic E-state index is 11.1. The highest BCUT2D eigenvalue weighted by molar-refractivity contribution is 5.89. The van der Waals surface area contributed by atoms with Gasteiger partial charge in [0.15, 0.2) is 0 Å². The van der Waals surface area contributed by atoms with Crippen LogP contribution in [0, 0.1) is 17.2 Å². The zero-order valence-electron chi connectivity index (χ0n) is 12.5. The van der Waals surface area contributed by atoms with E-state index in [9.17, 15) is 4.79 Å². The molecule has 0 unspecified atom stereocenters. The quantitative estimate of drug-likeness (QED) is 0.892. The first-order valence-electron chi connectivity index (χ1n) is 7.24. The Labute approximate surface area is 125 Å². The minimum absolute atomic E-state index is 0.109. The Morgan fingerprint density at radius 3 is 2.90 bits per heavy atom. The third-order valence-corrected chi connectivity index (χ3v) is 3.74. The molecule has 2 rings (SSSR count). The zero-order valence-corrected chi connectivity index (χ0v) is 12.5. The molecule has 5 heteroatoms. The lowest BCUT2D eigenvalue weighted by Crippen LogP contribution is -2.26. The van der Waals surface area contributed by atoms with Crippen LogP contribution < -0.4 is 15.4 Å². The number of amides is 1. The number of hydrogen-bond acceptors (Lipinski definition) is 4. The fourth-order valence-corrected chi connectivity index (χ4v) is 2.75. The molecule has 0 aliphatic heterocycles. The summed E-state index contributed by atoms with van der Waals surface area (Å²) in [4.78, 5) is 11.1. The number of nitrogens with one attached hydrogen (secondary N) is 2. The van der Waals surface area contributed by atoms with Crippen molar-refractivity contribution in [3.8, 4) is 11.8 Å². The molecule has 0 saturated heterocycles. The van der Waals surface area contributed by atoms with Crippen LogP contribution in [0.1, 0.15) is 32.6 Å². The minimum Gasteiger partial charge on any atom is -0.495 e. The second kappa shape index (κ2) is 6.98. The maximum absolute atomic E-state index is 11.1. The molecule has 1 aromatic rings. The normalized spacial score (nSPS) is 21.2. The highest BCUT2D eigenvalue weighted by Crippen LogP contribution is 2.32. The highest BCUT2D eigenvalue weighted by atomic mass is 16.5. The second-order valence-corrected chi connectivity index (χ2v) is 5.43. The van der Waals surface area contributed by atoms with Crippen LogP contribution in [0.3, 0.4) is 0 Å². The van der Waals surface area contributed by atoms with Crippen LogP contribution in [-0.4, -0.2) is 19.1 Å². The number of anilines is 2. The van der Waals surface area contributed by atoms with Gasteiger partial charge in [-0.1, -0.05) is 6.42 Å². The molecule has 0 bridgehead atoms. The van der Waals surface area contributed by atoms with E-state index < -0.39 is 0 Å². The fourth-order valence-electron chi connectivity index (χ4n) is 2.75. The number of ether oxygens (including phenoxy) is 1. The largest absolute Gasteiger partial charge is 0.495 e. The maximum Gasteiger partial charge on any atom is 0.221 e. The smallest absolute Gasteiger partial charge is 0.221 e. The minimum atomic E-state index is -0.109. The first kappa shape index (κ1) is 15.2. The van der Waals surface area contributed by atoms with Crippen LogP contribution >= 0.6 is 0 Å². The standard InChI is InChI=1S/C16H21N3O2/c1-11(20)18-14-6-7-15(16(9-14)21-2)19-13-5-3-4-12(8-13)10-17/h6-7,9,12-13,19H,3-5,8H2,1-2H3,(H,18,20)/t12-,13+/m1/s1. The van der Waals surface area contributed by atoms with E-state index in [0.717, 1.165) is 31.4 Å². The topological polar surface area (TPSA) is 74.2 Å². The number of rotatable bonds is 4. The van der Waals surface area contributed by atoms with E-state index in [1.54, 1.807) is 13.2 Å². The molecule has 1 aliphatic carbocycles. The molecule has 5 nitrogen and oxygen atoms in total. The van der Waals surface area contributed by atoms with Crippen LogP contribution in [-0.2, 0) is 4.79 Å². The van der Waals surface area contributed by atoms with Gasteiger partial charge >= 0.3 is 0 Å². The average Bonchev–Trinajstić information content (AvgIpc) is 2.48. The SMILES string of the molecule is COc1cc(NC(C)=O)ccc1N[C@H]1CCC[C@@H](C#N)C1. The number of benzene rings is 1. The number of carbonyl (C=O) groups excluding carboxylic acids is 1. The lowest BCUT2D eigenvalue weighted by atomic mass is 9.86. The molecule has 2 N–H and O–H groups in total. The third-order valence-electron chi connectivity index (χ3n) is 3.74. The van der Waals surface area contributed by atoms with Crippen LogP contribution in [0.25, 0.3) is 0 Å². The molecule has 0 heterocycles. The molecular weight excluding hydrogens is 266 g/mol. The molecule has 1 amide bonds. The van der Waals surface area contributed by atoms with Crippen molar-refractivity contribution >= 4 is 17.3 Å². The van der Waals surface area contributed by atoms with Crippen molar-refractivity contribution in [2.24, 2.45) is 5.92 Å². The van der Waals surface area contributed by atoms with Crippen LogP contribution in [0.2, 0.25) is 0 Å². The monoisotopic (exact) mass is 287 g/mol. The molecule has 1 aliphatic rings. The summed E-state index contributed by atoms with van der Waals surface area (Å²) in [5.41, 5.74) is 1.61. The summed E-state index contributed by atoms with van der Waals surface area (Å²) in [6.07, 6.45) is 4.00. The Bertz CT molecular complexity index is 551. The van der Waals surface area contributed by atoms with Crippen molar-refractivity contribution in [2.45, 2.75) is 38.6 Å². The highest BCUT2D eigenvalue weighted by Gasteiger charge is 2.22. The number of nitrogens with zero attached hydrogens (tertiary/aromatic N) is 1. The van der Waals surface area contributed by atoms with Crippen molar-refractivity contribution in [1.82, 2.24) is 0 Å². The van der Waals surface area contributed by atoms with E-state index in [-0.39, 0.29) is 11.8 Å². The summed E-state index contributed by atoms with van der Waals surface area (Å²) in [5, 5.41) is 15.2. The van der Waals surface area contributed by atoms with Gasteiger partial charge in [-0.15, -0.1) is 0 Å². The summed E-state index contributed by atoms with van der Waals surface area (Å²) in [7, 11) is 1.61. The van der Waals surface area contributed by atoms with Crippen LogP contribution in [0.4, 0.5) is 11.4 Å². The predicted molar refractivity (Wildman–Crippen MR) is 82.3 cm³/mol. The molecule has 0 spiro atoms. The lowest BCUT2D eigenvalue weighted by Gasteiger charge is -2.27. The van der Waals surface area contributed by atoms with Crippen LogP contribution in [0.15, 0.2) is 18.2 Å². The Kier molecular flexibility index (Phi) is 5.04. The summed E-state index contributed by atoms with van der Waals surface area (Å²) in [5.74, 6) is 0.725. The van der Waals surface area contributed by atoms with Gasteiger partial charge in [0, 0.05) is 30.6 Å². The van der Waals surface area contributed by atoms with E-state index in [1.807, 2.05) is 12.1 Å². The molecule has 0 aromatic heterocycles. The summed E-state index contributed by atoms with van der Waals surface area (Å²) >= 11 is 0. The first-order valence-corrected chi connectivity index (χ1v) is 7.24. The van der Waals surface area contributed by atoms with Gasteiger partial charge in [0.1, 0.15) is 5.75 Å². The van der Waals surface area contributed by atoms with E-state index in [4.69, 9.17) is 10.00 Å². The Balaban J connectivity index is 2.09. The van der Waals surface area contributed by atoms with Gasteiger partial charge < -0.3 is 15.4 Å². The van der Waals surface area contributed by atoms with Gasteiger partial charge in [-0.3, -0.25) is 4.79 Å². The molecule has 2 atom stereocenters. The van der Waals surface area contributed by atoms with Gasteiger partial charge in [0.25, 0.3) is 0 Å². The molecule has 112 valence electrons. The van der Waals surface area contributed by atoms with Gasteiger partial charge in [0.05, 0.1) is 18.9 Å². The Hall–Kier alpha value is -2.22. The summed E-state index contributed by atoms with van der Waals surface area (Å²) < 4.78 is 5.38. The number of methoxy groups -OCH3 is 1. The van der Waals surface area contributed by atoms with Crippen molar-refractivity contribution in [1.29, 1.82) is 5.26 Å². The molecular formula is C16H21N3O2. The van der Waals surface area contributed by atoms with E-state index in [1.165, 1.54) is 6.92 Å². The van der Waals surface area contributed by atoms with E-state index in [0.29, 0.717) is 17.5 Å².